The van der Waals surface area contributed by atoms with Crippen molar-refractivity contribution in [2.75, 3.05) is 13.1 Å². The number of ketones is 1. The lowest BCUT2D eigenvalue weighted by atomic mass is 10.1. The van der Waals surface area contributed by atoms with E-state index in [9.17, 15) is 9.59 Å². The van der Waals surface area contributed by atoms with Crippen LogP contribution in [0, 0.1) is 5.92 Å². The Kier molecular flexibility index (Phi) is 3.46. The summed E-state index contributed by atoms with van der Waals surface area (Å²) in [6.07, 6.45) is 2.55. The first-order valence-corrected chi connectivity index (χ1v) is 4.93. The molecule has 0 bridgehead atoms. The van der Waals surface area contributed by atoms with Gasteiger partial charge >= 0.3 is 0 Å². The number of carbonyl (C=O) groups excluding carboxylic acids is 2. The van der Waals surface area contributed by atoms with Gasteiger partial charge < -0.3 is 4.90 Å². The minimum absolute atomic E-state index is 0.218. The van der Waals surface area contributed by atoms with Crippen molar-refractivity contribution >= 4 is 11.7 Å². The van der Waals surface area contributed by atoms with E-state index in [0.29, 0.717) is 18.9 Å². The lowest BCUT2D eigenvalue weighted by Gasteiger charge is -2.14. The maximum Gasteiger partial charge on any atom is 0.290 e. The summed E-state index contributed by atoms with van der Waals surface area (Å²) in [5, 5.41) is 0. The number of carbonyl (C=O) groups is 2. The van der Waals surface area contributed by atoms with Crippen LogP contribution in [-0.2, 0) is 9.59 Å². The van der Waals surface area contributed by atoms with Gasteiger partial charge in [0.1, 0.15) is 0 Å². The zero-order valence-corrected chi connectivity index (χ0v) is 8.38. The molecule has 0 atom stereocenters. The van der Waals surface area contributed by atoms with E-state index in [1.54, 1.807) is 4.90 Å². The first-order chi connectivity index (χ1) is 6.11. The Morgan fingerprint density at radius 2 is 2.08 bits per heavy atom. The van der Waals surface area contributed by atoms with Crippen LogP contribution in [0.15, 0.2) is 0 Å². The number of rotatable bonds is 4. The number of hydrogen-bond acceptors (Lipinski definition) is 2. The Balaban J connectivity index is 2.23. The smallest absolute Gasteiger partial charge is 0.290 e. The lowest BCUT2D eigenvalue weighted by Crippen LogP contribution is -2.28. The molecule has 0 aromatic heterocycles. The molecule has 0 radical (unpaired) electrons. The maximum absolute atomic E-state index is 11.2. The van der Waals surface area contributed by atoms with Crippen LogP contribution in [0.25, 0.3) is 0 Å². The predicted molar refractivity (Wildman–Crippen MR) is 50.3 cm³/mol. The van der Waals surface area contributed by atoms with Gasteiger partial charge in [-0.15, -0.1) is 0 Å². The fourth-order valence-electron chi connectivity index (χ4n) is 1.53. The molecule has 74 valence electrons. The minimum Gasteiger partial charge on any atom is -0.336 e. The third kappa shape index (κ3) is 2.83. The summed E-state index contributed by atoms with van der Waals surface area (Å²) < 4.78 is 0. The molecule has 0 unspecified atom stereocenters. The molecule has 3 nitrogen and oxygen atoms in total. The molecule has 1 aliphatic heterocycles. The molecule has 13 heavy (non-hydrogen) atoms. The molecular formula is C10H17NO2. The highest BCUT2D eigenvalue weighted by atomic mass is 16.2. The van der Waals surface area contributed by atoms with E-state index in [4.69, 9.17) is 0 Å². The Hall–Kier alpha value is -0.860. The number of Topliss-reactive ketones (excluding diaryl/α,β-unsaturated/α-hetero) is 1. The highest BCUT2D eigenvalue weighted by Gasteiger charge is 2.28. The van der Waals surface area contributed by atoms with E-state index in [-0.39, 0.29) is 11.7 Å². The van der Waals surface area contributed by atoms with Gasteiger partial charge in [0, 0.05) is 19.5 Å². The molecule has 0 aliphatic carbocycles. The van der Waals surface area contributed by atoms with Crippen molar-refractivity contribution in [3.63, 3.8) is 0 Å². The summed E-state index contributed by atoms with van der Waals surface area (Å²) in [5.41, 5.74) is 0. The molecule has 0 saturated carbocycles. The van der Waals surface area contributed by atoms with E-state index in [0.717, 1.165) is 19.4 Å². The fourth-order valence-corrected chi connectivity index (χ4v) is 1.53. The van der Waals surface area contributed by atoms with Gasteiger partial charge in [-0.2, -0.15) is 0 Å². The number of hydrogen-bond donors (Lipinski definition) is 0. The second kappa shape index (κ2) is 4.40. The first-order valence-electron chi connectivity index (χ1n) is 4.93. The molecule has 1 aliphatic rings. The third-order valence-electron chi connectivity index (χ3n) is 2.34. The highest BCUT2D eigenvalue weighted by Crippen LogP contribution is 2.10. The molecule has 1 heterocycles. The van der Waals surface area contributed by atoms with E-state index in [2.05, 4.69) is 13.8 Å². The van der Waals surface area contributed by atoms with Crippen molar-refractivity contribution in [3.05, 3.63) is 0 Å². The monoisotopic (exact) mass is 183 g/mol. The van der Waals surface area contributed by atoms with Crippen molar-refractivity contribution in [1.82, 2.24) is 4.90 Å². The normalized spacial score (nSPS) is 17.6. The van der Waals surface area contributed by atoms with E-state index in [1.807, 2.05) is 0 Å². The van der Waals surface area contributed by atoms with Crippen molar-refractivity contribution < 1.29 is 9.59 Å². The van der Waals surface area contributed by atoms with Crippen molar-refractivity contribution in [1.29, 1.82) is 0 Å². The van der Waals surface area contributed by atoms with Gasteiger partial charge in [-0.25, -0.2) is 0 Å². The van der Waals surface area contributed by atoms with Crippen LogP contribution >= 0.6 is 0 Å². The minimum atomic E-state index is -0.274. The molecule has 0 N–H and O–H groups in total. The molecule has 1 amide bonds. The maximum atomic E-state index is 11.2. The van der Waals surface area contributed by atoms with Crippen LogP contribution in [0.3, 0.4) is 0 Å². The van der Waals surface area contributed by atoms with Gasteiger partial charge in [-0.05, 0) is 18.8 Å². The molecule has 1 rings (SSSR count). The first kappa shape index (κ1) is 10.2. The Morgan fingerprint density at radius 1 is 1.38 bits per heavy atom. The van der Waals surface area contributed by atoms with Crippen LogP contribution in [0.5, 0.6) is 0 Å². The van der Waals surface area contributed by atoms with Crippen LogP contribution in [0.2, 0.25) is 0 Å². The van der Waals surface area contributed by atoms with E-state index >= 15 is 0 Å². The topological polar surface area (TPSA) is 37.4 Å². The van der Waals surface area contributed by atoms with Crippen molar-refractivity contribution in [2.45, 2.75) is 33.1 Å². The standard InChI is InChI=1S/C10H17NO2/c1-8(2)4-3-6-11-7-5-9(12)10(11)13/h8H,3-7H2,1-2H3. The summed E-state index contributed by atoms with van der Waals surface area (Å²) in [6.45, 7) is 5.71. The van der Waals surface area contributed by atoms with Gasteiger partial charge in [0.25, 0.3) is 5.91 Å². The average molecular weight is 183 g/mol. The van der Waals surface area contributed by atoms with Crippen LogP contribution in [0.1, 0.15) is 33.1 Å². The summed E-state index contributed by atoms with van der Waals surface area (Å²) >= 11 is 0. The molecular weight excluding hydrogens is 166 g/mol. The van der Waals surface area contributed by atoms with Crippen molar-refractivity contribution in [2.24, 2.45) is 5.92 Å². The van der Waals surface area contributed by atoms with Gasteiger partial charge in [-0.3, -0.25) is 9.59 Å². The third-order valence-corrected chi connectivity index (χ3v) is 2.34. The van der Waals surface area contributed by atoms with Crippen molar-refractivity contribution in [3.8, 4) is 0 Å². The van der Waals surface area contributed by atoms with E-state index in [1.165, 1.54) is 0 Å². The largest absolute Gasteiger partial charge is 0.336 e. The second-order valence-corrected chi connectivity index (χ2v) is 4.00. The molecule has 0 spiro atoms. The predicted octanol–water partition coefficient (Wildman–Crippen LogP) is 1.22. The molecule has 0 aromatic carbocycles. The molecule has 1 fully saturated rings. The summed E-state index contributed by atoms with van der Waals surface area (Å²) in [4.78, 5) is 23.7. The quantitative estimate of drug-likeness (QED) is 0.615. The SMILES string of the molecule is CC(C)CCCN1CCC(=O)C1=O. The van der Waals surface area contributed by atoms with E-state index < -0.39 is 0 Å². The molecule has 0 aromatic rings. The van der Waals surface area contributed by atoms with Crippen LogP contribution in [-0.4, -0.2) is 29.7 Å². The number of likely N-dealkylation sites (tertiary alicyclic amines) is 1. The van der Waals surface area contributed by atoms with Gasteiger partial charge in [0.05, 0.1) is 0 Å². The fraction of sp³-hybridized carbons (Fsp3) is 0.800. The van der Waals surface area contributed by atoms with Crippen LogP contribution < -0.4 is 0 Å². The Labute approximate surface area is 79.1 Å². The van der Waals surface area contributed by atoms with Gasteiger partial charge in [0.2, 0.25) is 5.78 Å². The molecule has 3 heteroatoms. The molecule has 1 saturated heterocycles. The number of amides is 1. The summed E-state index contributed by atoms with van der Waals surface area (Å²) in [5.74, 6) is 0.182. The second-order valence-electron chi connectivity index (χ2n) is 4.00. The number of nitrogens with zero attached hydrogens (tertiary/aromatic N) is 1. The van der Waals surface area contributed by atoms with Gasteiger partial charge in [0.15, 0.2) is 0 Å². The highest BCUT2D eigenvalue weighted by molar-refractivity contribution is 6.37. The lowest BCUT2D eigenvalue weighted by molar-refractivity contribution is -0.140. The Morgan fingerprint density at radius 3 is 2.54 bits per heavy atom. The zero-order chi connectivity index (χ0) is 9.84. The van der Waals surface area contributed by atoms with Gasteiger partial charge in [-0.1, -0.05) is 13.8 Å². The zero-order valence-electron chi connectivity index (χ0n) is 8.38. The summed E-state index contributed by atoms with van der Waals surface area (Å²) in [7, 11) is 0. The average Bonchev–Trinajstić information content (AvgIpc) is 2.35. The summed E-state index contributed by atoms with van der Waals surface area (Å²) in [6, 6.07) is 0. The van der Waals surface area contributed by atoms with Crippen LogP contribution in [0.4, 0.5) is 0 Å². The Bertz CT molecular complexity index is 211.